The number of esters is 2. The van der Waals surface area contributed by atoms with E-state index in [2.05, 4.69) is 10.3 Å². The van der Waals surface area contributed by atoms with E-state index in [1.54, 1.807) is 38.2 Å². The molecule has 110 valence electrons. The normalized spacial score (nSPS) is 10.8. The number of nitrogens with one attached hydrogen (secondary N) is 1. The third-order valence-electron chi connectivity index (χ3n) is 2.74. The Hall–Kier alpha value is -2.11. The average Bonchev–Trinajstić information content (AvgIpc) is 2.46. The number of rotatable bonds is 7. The molecule has 1 aromatic rings. The van der Waals surface area contributed by atoms with Crippen molar-refractivity contribution in [3.05, 3.63) is 24.4 Å². The zero-order valence-electron chi connectivity index (χ0n) is 12.0. The van der Waals surface area contributed by atoms with Gasteiger partial charge in [0.1, 0.15) is 5.82 Å². The second kappa shape index (κ2) is 7.47. The molecule has 0 spiro atoms. The van der Waals surface area contributed by atoms with Crippen molar-refractivity contribution in [3.8, 4) is 0 Å². The molecule has 0 bridgehead atoms. The molecule has 1 aromatic heterocycles. The molecule has 0 atom stereocenters. The highest BCUT2D eigenvalue weighted by Gasteiger charge is 2.44. The molecule has 0 aliphatic heterocycles. The summed E-state index contributed by atoms with van der Waals surface area (Å²) in [7, 11) is 0. The van der Waals surface area contributed by atoms with E-state index in [0.717, 1.165) is 0 Å². The van der Waals surface area contributed by atoms with Gasteiger partial charge >= 0.3 is 11.9 Å². The van der Waals surface area contributed by atoms with Crippen LogP contribution in [0.15, 0.2) is 24.4 Å². The monoisotopic (exact) mass is 280 g/mol. The highest BCUT2D eigenvalue weighted by atomic mass is 16.6. The Balaban J connectivity index is 2.82. The summed E-state index contributed by atoms with van der Waals surface area (Å²) in [5.74, 6) is -0.643. The van der Waals surface area contributed by atoms with Crippen molar-refractivity contribution in [2.75, 3.05) is 25.1 Å². The number of ether oxygens (including phenoxy) is 2. The van der Waals surface area contributed by atoms with E-state index in [1.165, 1.54) is 6.92 Å². The van der Waals surface area contributed by atoms with Gasteiger partial charge < -0.3 is 14.8 Å². The number of anilines is 1. The summed E-state index contributed by atoms with van der Waals surface area (Å²) < 4.78 is 9.93. The Kier molecular flexibility index (Phi) is 5.96. The summed E-state index contributed by atoms with van der Waals surface area (Å²) in [6, 6.07) is 5.33. The van der Waals surface area contributed by atoms with Crippen LogP contribution in [0.25, 0.3) is 0 Å². The number of nitrogens with zero attached hydrogens (tertiary/aromatic N) is 1. The molecule has 0 aromatic carbocycles. The van der Waals surface area contributed by atoms with Crippen LogP contribution in [0.3, 0.4) is 0 Å². The van der Waals surface area contributed by atoms with Gasteiger partial charge in [0.2, 0.25) is 0 Å². The summed E-state index contributed by atoms with van der Waals surface area (Å²) >= 11 is 0. The molecule has 1 heterocycles. The minimum Gasteiger partial charge on any atom is -0.465 e. The van der Waals surface area contributed by atoms with Gasteiger partial charge in [0.15, 0.2) is 5.41 Å². The number of hydrogen-bond acceptors (Lipinski definition) is 6. The van der Waals surface area contributed by atoms with E-state index < -0.39 is 17.4 Å². The first-order valence-electron chi connectivity index (χ1n) is 6.54. The Morgan fingerprint density at radius 2 is 1.80 bits per heavy atom. The molecule has 1 rings (SSSR count). The molecule has 0 aliphatic carbocycles. The maximum atomic E-state index is 12.0. The molecule has 1 N–H and O–H groups in total. The average molecular weight is 280 g/mol. The smallest absolute Gasteiger partial charge is 0.325 e. The lowest BCUT2D eigenvalue weighted by Gasteiger charge is -2.25. The molecule has 0 unspecified atom stereocenters. The van der Waals surface area contributed by atoms with Gasteiger partial charge in [-0.15, -0.1) is 0 Å². The van der Waals surface area contributed by atoms with Crippen LogP contribution < -0.4 is 5.32 Å². The van der Waals surface area contributed by atoms with E-state index in [1.807, 2.05) is 0 Å². The van der Waals surface area contributed by atoms with Crippen molar-refractivity contribution in [3.63, 3.8) is 0 Å². The lowest BCUT2D eigenvalue weighted by atomic mass is 9.90. The van der Waals surface area contributed by atoms with Gasteiger partial charge in [-0.1, -0.05) is 6.07 Å². The van der Waals surface area contributed by atoms with Gasteiger partial charge in [-0.25, -0.2) is 4.98 Å². The summed E-state index contributed by atoms with van der Waals surface area (Å²) in [6.45, 7) is 5.35. The van der Waals surface area contributed by atoms with Crippen molar-refractivity contribution in [2.45, 2.75) is 20.8 Å². The maximum absolute atomic E-state index is 12.0. The van der Waals surface area contributed by atoms with Crippen LogP contribution in [-0.4, -0.2) is 36.7 Å². The second-order valence-corrected chi connectivity index (χ2v) is 4.34. The molecule has 20 heavy (non-hydrogen) atoms. The lowest BCUT2D eigenvalue weighted by molar-refractivity contribution is -0.169. The molecule has 6 heteroatoms. The van der Waals surface area contributed by atoms with Gasteiger partial charge in [-0.05, 0) is 32.9 Å². The van der Waals surface area contributed by atoms with Crippen molar-refractivity contribution in [1.82, 2.24) is 4.98 Å². The van der Waals surface area contributed by atoms with E-state index in [-0.39, 0.29) is 19.8 Å². The topological polar surface area (TPSA) is 77.5 Å². The van der Waals surface area contributed by atoms with Crippen LogP contribution in [0.5, 0.6) is 0 Å². The highest BCUT2D eigenvalue weighted by Crippen LogP contribution is 2.22. The number of carbonyl (C=O) groups is 2. The van der Waals surface area contributed by atoms with Crippen LogP contribution in [0.2, 0.25) is 0 Å². The summed E-state index contributed by atoms with van der Waals surface area (Å²) in [5.41, 5.74) is -1.40. The highest BCUT2D eigenvalue weighted by molar-refractivity contribution is 6.00. The Bertz CT molecular complexity index is 430. The second-order valence-electron chi connectivity index (χ2n) is 4.34. The zero-order valence-corrected chi connectivity index (χ0v) is 12.0. The molecule has 6 nitrogen and oxygen atoms in total. The molecule has 0 aliphatic rings. The molecular formula is C14H20N2O4. The molecule has 0 saturated carbocycles. The Labute approximate surface area is 118 Å². The first kappa shape index (κ1) is 15.9. The third kappa shape index (κ3) is 3.94. The van der Waals surface area contributed by atoms with Gasteiger partial charge in [0.25, 0.3) is 0 Å². The largest absolute Gasteiger partial charge is 0.465 e. The van der Waals surface area contributed by atoms with Gasteiger partial charge in [-0.3, -0.25) is 9.59 Å². The minimum absolute atomic E-state index is 0.0572. The molecule has 0 fully saturated rings. The zero-order chi connectivity index (χ0) is 15.0. The first-order valence-corrected chi connectivity index (χ1v) is 6.54. The van der Waals surface area contributed by atoms with Crippen molar-refractivity contribution in [1.29, 1.82) is 0 Å². The lowest BCUT2D eigenvalue weighted by Crippen LogP contribution is -2.44. The fraction of sp³-hybridized carbons (Fsp3) is 0.500. The van der Waals surface area contributed by atoms with Crippen LogP contribution in [-0.2, 0) is 19.1 Å². The summed E-state index contributed by atoms with van der Waals surface area (Å²) in [4.78, 5) is 28.1. The van der Waals surface area contributed by atoms with E-state index >= 15 is 0 Å². The Morgan fingerprint density at radius 3 is 2.25 bits per heavy atom. The minimum atomic E-state index is -1.40. The quantitative estimate of drug-likeness (QED) is 0.604. The van der Waals surface area contributed by atoms with Crippen molar-refractivity contribution < 1.29 is 19.1 Å². The van der Waals surface area contributed by atoms with E-state index in [4.69, 9.17) is 9.47 Å². The van der Waals surface area contributed by atoms with Gasteiger partial charge in [0.05, 0.1) is 13.2 Å². The number of pyridine rings is 1. The Morgan fingerprint density at radius 1 is 1.20 bits per heavy atom. The van der Waals surface area contributed by atoms with Crippen LogP contribution >= 0.6 is 0 Å². The molecule has 0 amide bonds. The van der Waals surface area contributed by atoms with Gasteiger partial charge in [-0.2, -0.15) is 0 Å². The predicted molar refractivity (Wildman–Crippen MR) is 74.1 cm³/mol. The molecule has 0 saturated heterocycles. The number of hydrogen-bond donors (Lipinski definition) is 1. The fourth-order valence-corrected chi connectivity index (χ4v) is 1.54. The predicted octanol–water partition coefficient (Wildman–Crippen LogP) is 1.63. The first-order chi connectivity index (χ1) is 9.54. The fourth-order valence-electron chi connectivity index (χ4n) is 1.54. The molecule has 0 radical (unpaired) electrons. The third-order valence-corrected chi connectivity index (χ3v) is 2.74. The SMILES string of the molecule is CCOC(=O)C(C)(CNc1ccccn1)C(=O)OCC. The van der Waals surface area contributed by atoms with Crippen molar-refractivity contribution in [2.24, 2.45) is 5.41 Å². The summed E-state index contributed by atoms with van der Waals surface area (Å²) in [6.07, 6.45) is 1.62. The summed E-state index contributed by atoms with van der Waals surface area (Å²) in [5, 5.41) is 2.95. The van der Waals surface area contributed by atoms with Crippen LogP contribution in [0.4, 0.5) is 5.82 Å². The number of aromatic nitrogens is 1. The standard InChI is InChI=1S/C14H20N2O4/c1-4-19-12(17)14(3,13(18)20-5-2)10-16-11-8-6-7-9-15-11/h6-9H,4-5,10H2,1-3H3,(H,15,16). The van der Waals surface area contributed by atoms with Gasteiger partial charge in [0, 0.05) is 12.7 Å². The maximum Gasteiger partial charge on any atom is 0.325 e. The van der Waals surface area contributed by atoms with Crippen LogP contribution in [0.1, 0.15) is 20.8 Å². The van der Waals surface area contributed by atoms with Crippen molar-refractivity contribution >= 4 is 17.8 Å². The van der Waals surface area contributed by atoms with Crippen LogP contribution in [0, 0.1) is 5.41 Å². The van der Waals surface area contributed by atoms with E-state index in [9.17, 15) is 9.59 Å². The number of carbonyl (C=O) groups excluding carboxylic acids is 2. The molecular weight excluding hydrogens is 260 g/mol. The van der Waals surface area contributed by atoms with E-state index in [0.29, 0.717) is 5.82 Å².